The van der Waals surface area contributed by atoms with Gasteiger partial charge in [-0.1, -0.05) is 0 Å². The van der Waals surface area contributed by atoms with Crippen LogP contribution in [0.1, 0.15) is 12.8 Å². The number of benzene rings is 1. The zero-order chi connectivity index (χ0) is 13.5. The van der Waals surface area contributed by atoms with Crippen molar-refractivity contribution >= 4 is 0 Å². The molecule has 0 spiro atoms. The lowest BCUT2D eigenvalue weighted by molar-refractivity contribution is 0.243. The van der Waals surface area contributed by atoms with Gasteiger partial charge in [0.2, 0.25) is 0 Å². The average molecular weight is 270 g/mol. The number of hydrogen-bond acceptors (Lipinski definition) is 3. The maximum atomic E-state index is 13.0. The van der Waals surface area contributed by atoms with E-state index in [1.165, 1.54) is 12.5 Å². The van der Waals surface area contributed by atoms with Crippen LogP contribution in [-0.2, 0) is 0 Å². The monoisotopic (exact) mass is 270 g/mol. The summed E-state index contributed by atoms with van der Waals surface area (Å²) in [5.41, 5.74) is 0. The molecule has 1 aromatic rings. The minimum Gasteiger partial charge on any atom is -0.493 e. The van der Waals surface area contributed by atoms with Crippen molar-refractivity contribution in [1.82, 2.24) is 10.2 Å². The van der Waals surface area contributed by atoms with Crippen LogP contribution in [0.2, 0.25) is 0 Å². The molecule has 1 N–H and O–H groups in total. The molecule has 19 heavy (non-hydrogen) atoms. The molecule has 0 unspecified atom stereocenters. The number of ether oxygens (including phenoxy) is 1. The van der Waals surface area contributed by atoms with Crippen molar-refractivity contribution in [3.05, 3.63) is 29.8 Å². The molecule has 0 bridgehead atoms. The Morgan fingerprint density at radius 2 is 2.05 bits per heavy atom. The van der Waals surface area contributed by atoms with E-state index in [1.54, 1.807) is 0 Å². The third-order valence-electron chi connectivity index (χ3n) is 3.21. The van der Waals surface area contributed by atoms with Gasteiger partial charge in [0.1, 0.15) is 5.75 Å². The van der Waals surface area contributed by atoms with Crippen molar-refractivity contribution in [2.24, 2.45) is 0 Å². The highest BCUT2D eigenvalue weighted by atomic mass is 19.2. The van der Waals surface area contributed by atoms with E-state index in [2.05, 4.69) is 10.2 Å². The molecule has 1 aromatic carbocycles. The summed E-state index contributed by atoms with van der Waals surface area (Å²) in [6.07, 6.45) is 2.06. The van der Waals surface area contributed by atoms with Crippen LogP contribution in [0.4, 0.5) is 8.78 Å². The summed E-state index contributed by atoms with van der Waals surface area (Å²) in [5, 5.41) is 3.35. The van der Waals surface area contributed by atoms with E-state index in [0.717, 1.165) is 51.3 Å². The quantitative estimate of drug-likeness (QED) is 0.829. The summed E-state index contributed by atoms with van der Waals surface area (Å²) in [4.78, 5) is 2.40. The van der Waals surface area contributed by atoms with Gasteiger partial charge in [-0.3, -0.25) is 0 Å². The zero-order valence-corrected chi connectivity index (χ0v) is 11.0. The Bertz CT molecular complexity index is 393. The zero-order valence-electron chi connectivity index (χ0n) is 11.0. The van der Waals surface area contributed by atoms with Crippen molar-refractivity contribution in [3.8, 4) is 5.75 Å². The topological polar surface area (TPSA) is 24.5 Å². The second kappa shape index (κ2) is 7.40. The third-order valence-corrected chi connectivity index (χ3v) is 3.21. The fraction of sp³-hybridized carbons (Fsp3) is 0.571. The van der Waals surface area contributed by atoms with Crippen LogP contribution in [0.25, 0.3) is 0 Å². The molecule has 0 radical (unpaired) electrons. The first-order valence-corrected chi connectivity index (χ1v) is 6.76. The van der Waals surface area contributed by atoms with Crippen LogP contribution in [0.5, 0.6) is 5.75 Å². The summed E-state index contributed by atoms with van der Waals surface area (Å²) < 4.78 is 31.1. The molecular formula is C14H20F2N2O. The lowest BCUT2D eigenvalue weighted by Crippen LogP contribution is -2.29. The molecule has 0 aliphatic carbocycles. The Kier molecular flexibility index (Phi) is 5.54. The van der Waals surface area contributed by atoms with Crippen molar-refractivity contribution in [2.45, 2.75) is 12.8 Å². The van der Waals surface area contributed by atoms with Crippen LogP contribution in [0.3, 0.4) is 0 Å². The van der Waals surface area contributed by atoms with Gasteiger partial charge in [0, 0.05) is 25.7 Å². The molecule has 2 rings (SSSR count). The number of halogens is 2. The second-order valence-electron chi connectivity index (χ2n) is 4.72. The van der Waals surface area contributed by atoms with Gasteiger partial charge in [-0.05, 0) is 38.1 Å². The Labute approximate surface area is 112 Å². The summed E-state index contributed by atoms with van der Waals surface area (Å²) in [7, 11) is 0. The third kappa shape index (κ3) is 4.76. The molecular weight excluding hydrogens is 250 g/mol. The molecule has 3 nitrogen and oxygen atoms in total. The van der Waals surface area contributed by atoms with E-state index in [9.17, 15) is 8.78 Å². The maximum Gasteiger partial charge on any atom is 0.162 e. The van der Waals surface area contributed by atoms with Gasteiger partial charge >= 0.3 is 0 Å². The Morgan fingerprint density at radius 3 is 2.89 bits per heavy atom. The fourth-order valence-electron chi connectivity index (χ4n) is 2.17. The minimum absolute atomic E-state index is 0.386. The normalized spacial score (nSPS) is 17.2. The van der Waals surface area contributed by atoms with Gasteiger partial charge in [-0.25, -0.2) is 8.78 Å². The van der Waals surface area contributed by atoms with E-state index < -0.39 is 11.6 Å². The van der Waals surface area contributed by atoms with Crippen LogP contribution in [0, 0.1) is 11.6 Å². The molecule has 0 saturated carbocycles. The van der Waals surface area contributed by atoms with Gasteiger partial charge in [0.15, 0.2) is 11.6 Å². The number of rotatable bonds is 5. The van der Waals surface area contributed by atoms with E-state index in [-0.39, 0.29) is 0 Å². The fourth-order valence-corrected chi connectivity index (χ4v) is 2.17. The highest BCUT2D eigenvalue weighted by Crippen LogP contribution is 2.15. The molecule has 1 fully saturated rings. The maximum absolute atomic E-state index is 13.0. The lowest BCUT2D eigenvalue weighted by Gasteiger charge is -2.19. The van der Waals surface area contributed by atoms with Gasteiger partial charge in [-0.2, -0.15) is 0 Å². The molecule has 5 heteroatoms. The highest BCUT2D eigenvalue weighted by Gasteiger charge is 2.08. The Morgan fingerprint density at radius 1 is 1.16 bits per heavy atom. The van der Waals surface area contributed by atoms with E-state index in [4.69, 9.17) is 4.74 Å². The molecule has 0 amide bonds. The van der Waals surface area contributed by atoms with Gasteiger partial charge in [-0.15, -0.1) is 0 Å². The van der Waals surface area contributed by atoms with Crippen molar-refractivity contribution in [3.63, 3.8) is 0 Å². The van der Waals surface area contributed by atoms with E-state index >= 15 is 0 Å². The number of hydrogen-bond donors (Lipinski definition) is 1. The minimum atomic E-state index is -0.865. The molecule has 106 valence electrons. The first-order chi connectivity index (χ1) is 9.25. The first-order valence-electron chi connectivity index (χ1n) is 6.76. The molecule has 1 saturated heterocycles. The average Bonchev–Trinajstić information content (AvgIpc) is 2.67. The van der Waals surface area contributed by atoms with Crippen molar-refractivity contribution < 1.29 is 13.5 Å². The first kappa shape index (κ1) is 14.2. The Hall–Kier alpha value is -1.20. The van der Waals surface area contributed by atoms with E-state index in [1.807, 2.05) is 0 Å². The molecule has 0 aromatic heterocycles. The lowest BCUT2D eigenvalue weighted by atomic mass is 10.3. The van der Waals surface area contributed by atoms with E-state index in [0.29, 0.717) is 12.4 Å². The van der Waals surface area contributed by atoms with Crippen molar-refractivity contribution in [2.75, 3.05) is 39.3 Å². The predicted octanol–water partition coefficient (Wildman–Crippen LogP) is 2.03. The van der Waals surface area contributed by atoms with Crippen molar-refractivity contribution in [1.29, 1.82) is 0 Å². The molecule has 1 aliphatic heterocycles. The molecule has 0 atom stereocenters. The number of nitrogens with zero attached hydrogens (tertiary/aromatic N) is 1. The van der Waals surface area contributed by atoms with Crippen LogP contribution >= 0.6 is 0 Å². The largest absolute Gasteiger partial charge is 0.493 e. The van der Waals surface area contributed by atoms with Gasteiger partial charge < -0.3 is 15.0 Å². The van der Waals surface area contributed by atoms with Crippen LogP contribution < -0.4 is 10.1 Å². The molecule has 1 aliphatic rings. The second-order valence-corrected chi connectivity index (χ2v) is 4.72. The number of nitrogens with one attached hydrogen (secondary N) is 1. The van der Waals surface area contributed by atoms with Crippen LogP contribution in [0.15, 0.2) is 18.2 Å². The van der Waals surface area contributed by atoms with Gasteiger partial charge in [0.05, 0.1) is 6.61 Å². The molecule has 1 heterocycles. The predicted molar refractivity (Wildman–Crippen MR) is 70.4 cm³/mol. The summed E-state index contributed by atoms with van der Waals surface area (Å²) >= 11 is 0. The standard InChI is InChI=1S/C14H20F2N2O/c15-13-4-3-12(11-14(13)16)19-10-2-8-18-7-1-5-17-6-9-18/h3-4,11,17H,1-2,5-10H2. The summed E-state index contributed by atoms with van der Waals surface area (Å²) in [6.45, 7) is 5.79. The SMILES string of the molecule is Fc1ccc(OCCCN2CCCNCC2)cc1F. The summed E-state index contributed by atoms with van der Waals surface area (Å²) in [6, 6.07) is 3.63. The Balaban J connectivity index is 1.67. The summed E-state index contributed by atoms with van der Waals surface area (Å²) in [5.74, 6) is -1.32. The van der Waals surface area contributed by atoms with Crippen LogP contribution in [-0.4, -0.2) is 44.2 Å². The smallest absolute Gasteiger partial charge is 0.162 e. The van der Waals surface area contributed by atoms with Gasteiger partial charge in [0.25, 0.3) is 0 Å². The highest BCUT2D eigenvalue weighted by molar-refractivity contribution is 5.23.